The Morgan fingerprint density at radius 3 is 2.68 bits per heavy atom. The Labute approximate surface area is 145 Å². The van der Waals surface area contributed by atoms with Gasteiger partial charge in [-0.1, -0.05) is 26.0 Å². The summed E-state index contributed by atoms with van der Waals surface area (Å²) >= 11 is 0. The quantitative estimate of drug-likeness (QED) is 0.561. The summed E-state index contributed by atoms with van der Waals surface area (Å²) in [6, 6.07) is 8.90. The van der Waals surface area contributed by atoms with Gasteiger partial charge in [0.2, 0.25) is 0 Å². The lowest BCUT2D eigenvalue weighted by molar-refractivity contribution is -0.385. The Hall–Kier alpha value is -3.09. The highest BCUT2D eigenvalue weighted by Crippen LogP contribution is 2.28. The van der Waals surface area contributed by atoms with Crippen LogP contribution in [-0.4, -0.2) is 25.1 Å². The van der Waals surface area contributed by atoms with Crippen LogP contribution >= 0.6 is 0 Å². The van der Waals surface area contributed by atoms with Crippen LogP contribution in [0.4, 0.5) is 5.69 Å². The second kappa shape index (κ2) is 6.80. The maximum absolute atomic E-state index is 11.4. The molecule has 0 bridgehead atoms. The molecule has 0 aliphatic carbocycles. The fourth-order valence-corrected chi connectivity index (χ4v) is 2.70. The van der Waals surface area contributed by atoms with Crippen molar-refractivity contribution in [3.05, 3.63) is 57.9 Å². The summed E-state index contributed by atoms with van der Waals surface area (Å²) in [6.07, 6.45) is 2.37. The first kappa shape index (κ1) is 16.8. The zero-order chi connectivity index (χ0) is 18.0. The Morgan fingerprint density at radius 1 is 1.20 bits per heavy atom. The van der Waals surface area contributed by atoms with Gasteiger partial charge >= 0.3 is 0 Å². The number of nitrogens with zero attached hydrogens (tertiary/aromatic N) is 4. The number of hydrogen-bond acceptors (Lipinski definition) is 5. The Balaban J connectivity index is 1.97. The van der Waals surface area contributed by atoms with Crippen LogP contribution in [-0.2, 0) is 6.42 Å². The molecule has 3 rings (SSSR count). The molecule has 7 heteroatoms. The molecule has 0 spiro atoms. The van der Waals surface area contributed by atoms with Gasteiger partial charge in [-0.15, -0.1) is 0 Å². The molecule has 0 amide bonds. The molecule has 0 aliphatic heterocycles. The van der Waals surface area contributed by atoms with Crippen LogP contribution in [0.2, 0.25) is 0 Å². The number of aryl methyl sites for hydroxylation is 1. The van der Waals surface area contributed by atoms with Crippen LogP contribution in [0.15, 0.2) is 36.5 Å². The number of aromatic amines is 1. The summed E-state index contributed by atoms with van der Waals surface area (Å²) < 4.78 is 0. The Bertz CT molecular complexity index is 917. The number of hydrogen-bond donors (Lipinski definition) is 1. The minimum Gasteiger partial charge on any atom is -0.262 e. The van der Waals surface area contributed by atoms with E-state index in [-0.39, 0.29) is 10.6 Å². The summed E-state index contributed by atoms with van der Waals surface area (Å²) in [6.45, 7) is 5.98. The second-order valence-electron chi connectivity index (χ2n) is 6.39. The fraction of sp³-hybridized carbons (Fsp3) is 0.278. The van der Waals surface area contributed by atoms with E-state index in [1.165, 1.54) is 0 Å². The minimum atomic E-state index is -0.346. The molecule has 1 aromatic carbocycles. The highest BCUT2D eigenvalue weighted by Gasteiger charge is 2.18. The standard InChI is InChI=1S/C18H19N5O2/c1-11(2)8-13-4-5-14(10-16(13)23(24)25)17-20-18(22-21-17)15-6-7-19-12(3)9-15/h4-7,9-11H,8H2,1-3H3,(H,20,21,22). The molecular formula is C18H19N5O2. The molecule has 1 N–H and O–H groups in total. The number of pyridine rings is 1. The first-order valence-electron chi connectivity index (χ1n) is 8.07. The minimum absolute atomic E-state index is 0.109. The normalized spacial score (nSPS) is 11.0. The predicted molar refractivity (Wildman–Crippen MR) is 95.0 cm³/mol. The van der Waals surface area contributed by atoms with Gasteiger partial charge in [0.25, 0.3) is 5.69 Å². The topological polar surface area (TPSA) is 97.6 Å². The third kappa shape index (κ3) is 3.71. The Morgan fingerprint density at radius 2 is 2.00 bits per heavy atom. The molecule has 0 unspecified atom stereocenters. The molecule has 2 aromatic heterocycles. The zero-order valence-corrected chi connectivity index (χ0v) is 14.4. The summed E-state index contributed by atoms with van der Waals surface area (Å²) in [7, 11) is 0. The first-order chi connectivity index (χ1) is 11.9. The van der Waals surface area contributed by atoms with Crippen LogP contribution in [0, 0.1) is 23.0 Å². The maximum Gasteiger partial charge on any atom is 0.273 e. The van der Waals surface area contributed by atoms with Crippen molar-refractivity contribution >= 4 is 5.69 Å². The number of benzene rings is 1. The molecule has 0 aliphatic rings. The summed E-state index contributed by atoms with van der Waals surface area (Å²) in [5.41, 5.74) is 3.20. The SMILES string of the molecule is Cc1cc(-c2nc(-c3ccc(CC(C)C)c([N+](=O)[O-])c3)n[nH]2)ccn1. The Kier molecular flexibility index (Phi) is 4.56. The van der Waals surface area contributed by atoms with Gasteiger partial charge in [0.15, 0.2) is 11.6 Å². The monoisotopic (exact) mass is 337 g/mol. The molecule has 128 valence electrons. The van der Waals surface area contributed by atoms with Gasteiger partial charge in [-0.25, -0.2) is 4.98 Å². The van der Waals surface area contributed by atoms with E-state index in [0.29, 0.717) is 29.6 Å². The van der Waals surface area contributed by atoms with E-state index in [0.717, 1.165) is 16.8 Å². The van der Waals surface area contributed by atoms with Crippen molar-refractivity contribution in [1.29, 1.82) is 0 Å². The van der Waals surface area contributed by atoms with Crippen LogP contribution in [0.25, 0.3) is 22.8 Å². The second-order valence-corrected chi connectivity index (χ2v) is 6.39. The van der Waals surface area contributed by atoms with Gasteiger partial charge in [-0.3, -0.25) is 20.2 Å². The van der Waals surface area contributed by atoms with Crippen LogP contribution in [0.5, 0.6) is 0 Å². The van der Waals surface area contributed by atoms with Crippen molar-refractivity contribution in [3.8, 4) is 22.8 Å². The number of nitro benzene ring substituents is 1. The van der Waals surface area contributed by atoms with Gasteiger partial charge in [-0.05, 0) is 31.4 Å². The molecule has 2 heterocycles. The summed E-state index contributed by atoms with van der Waals surface area (Å²) in [5.74, 6) is 1.38. The third-order valence-corrected chi connectivity index (χ3v) is 3.82. The molecule has 7 nitrogen and oxygen atoms in total. The van der Waals surface area contributed by atoms with Crippen molar-refractivity contribution in [3.63, 3.8) is 0 Å². The smallest absolute Gasteiger partial charge is 0.262 e. The van der Waals surface area contributed by atoms with E-state index in [2.05, 4.69) is 20.2 Å². The average molecular weight is 337 g/mol. The first-order valence-corrected chi connectivity index (χ1v) is 8.07. The van der Waals surface area contributed by atoms with E-state index in [4.69, 9.17) is 0 Å². The number of rotatable bonds is 5. The maximum atomic E-state index is 11.4. The van der Waals surface area contributed by atoms with E-state index >= 15 is 0 Å². The number of nitro groups is 1. The van der Waals surface area contributed by atoms with Gasteiger partial charge in [-0.2, -0.15) is 5.10 Å². The number of nitrogens with one attached hydrogen (secondary N) is 1. The van der Waals surface area contributed by atoms with Crippen LogP contribution in [0.3, 0.4) is 0 Å². The molecule has 0 fully saturated rings. The lowest BCUT2D eigenvalue weighted by atomic mass is 9.99. The molecule has 25 heavy (non-hydrogen) atoms. The van der Waals surface area contributed by atoms with Crippen molar-refractivity contribution in [2.75, 3.05) is 0 Å². The van der Waals surface area contributed by atoms with Gasteiger partial charge in [0, 0.05) is 34.6 Å². The lowest BCUT2D eigenvalue weighted by Crippen LogP contribution is -2.00. The largest absolute Gasteiger partial charge is 0.273 e. The lowest BCUT2D eigenvalue weighted by Gasteiger charge is -2.06. The molecule has 0 saturated heterocycles. The third-order valence-electron chi connectivity index (χ3n) is 3.82. The van der Waals surface area contributed by atoms with E-state index < -0.39 is 0 Å². The molecule has 0 saturated carbocycles. The fourth-order valence-electron chi connectivity index (χ4n) is 2.70. The van der Waals surface area contributed by atoms with Crippen molar-refractivity contribution in [1.82, 2.24) is 20.2 Å². The number of H-pyrrole nitrogens is 1. The van der Waals surface area contributed by atoms with Crippen LogP contribution in [0.1, 0.15) is 25.1 Å². The zero-order valence-electron chi connectivity index (χ0n) is 14.4. The van der Waals surface area contributed by atoms with E-state index in [9.17, 15) is 10.1 Å². The van der Waals surface area contributed by atoms with Crippen molar-refractivity contribution in [2.45, 2.75) is 27.2 Å². The average Bonchev–Trinajstić information content (AvgIpc) is 3.04. The van der Waals surface area contributed by atoms with E-state index in [1.807, 2.05) is 39.0 Å². The van der Waals surface area contributed by atoms with Crippen molar-refractivity contribution < 1.29 is 4.92 Å². The molecular weight excluding hydrogens is 318 g/mol. The van der Waals surface area contributed by atoms with Gasteiger partial charge in [0.05, 0.1) is 4.92 Å². The van der Waals surface area contributed by atoms with Crippen molar-refractivity contribution in [2.24, 2.45) is 5.92 Å². The molecule has 0 atom stereocenters. The molecule has 0 radical (unpaired) electrons. The summed E-state index contributed by atoms with van der Waals surface area (Å²) in [5, 5.41) is 18.5. The van der Waals surface area contributed by atoms with E-state index in [1.54, 1.807) is 18.3 Å². The molecule has 3 aromatic rings. The number of aromatic nitrogens is 4. The van der Waals surface area contributed by atoms with Gasteiger partial charge < -0.3 is 0 Å². The predicted octanol–water partition coefficient (Wildman–Crippen LogP) is 3.95. The van der Waals surface area contributed by atoms with Gasteiger partial charge in [0.1, 0.15) is 0 Å². The summed E-state index contributed by atoms with van der Waals surface area (Å²) in [4.78, 5) is 19.7. The highest BCUT2D eigenvalue weighted by molar-refractivity contribution is 5.64. The van der Waals surface area contributed by atoms with Crippen LogP contribution < -0.4 is 0 Å². The highest BCUT2D eigenvalue weighted by atomic mass is 16.6.